The van der Waals surface area contributed by atoms with E-state index in [1.165, 1.54) is 0 Å². The van der Waals surface area contributed by atoms with Gasteiger partial charge < -0.3 is 10.3 Å². The number of carbonyl (C=O) groups is 1. The van der Waals surface area contributed by atoms with Gasteiger partial charge in [-0.1, -0.05) is 0 Å². The fourth-order valence-corrected chi connectivity index (χ4v) is 2.89. The van der Waals surface area contributed by atoms with E-state index in [-0.39, 0.29) is 24.5 Å². The summed E-state index contributed by atoms with van der Waals surface area (Å²) in [6, 6.07) is -0.511. The molecule has 4 nitrogen and oxygen atoms in total. The SMILES string of the molecule is CC1CC(C(=O)C(=N)CC2CN(C)C2)C(C(F)(F)F)=N1. The number of aliphatic imine (C=N–C) groups is 1. The zero-order valence-corrected chi connectivity index (χ0v) is 11.5. The number of halogens is 3. The van der Waals surface area contributed by atoms with Crippen LogP contribution in [0.5, 0.6) is 0 Å². The van der Waals surface area contributed by atoms with Gasteiger partial charge in [-0.25, -0.2) is 0 Å². The minimum Gasteiger partial charge on any atom is -0.306 e. The van der Waals surface area contributed by atoms with Crippen LogP contribution in [0.4, 0.5) is 13.2 Å². The van der Waals surface area contributed by atoms with Crippen LogP contribution in [0.1, 0.15) is 19.8 Å². The second kappa shape index (κ2) is 5.27. The number of hydrogen-bond acceptors (Lipinski definition) is 4. The lowest BCUT2D eigenvalue weighted by atomic mass is 9.86. The van der Waals surface area contributed by atoms with Crippen molar-refractivity contribution >= 4 is 17.2 Å². The minimum atomic E-state index is -4.58. The van der Waals surface area contributed by atoms with E-state index in [2.05, 4.69) is 4.99 Å². The molecular weight excluding hydrogens is 271 g/mol. The summed E-state index contributed by atoms with van der Waals surface area (Å²) in [5.41, 5.74) is -1.20. The molecule has 1 N–H and O–H groups in total. The molecule has 112 valence electrons. The van der Waals surface area contributed by atoms with Gasteiger partial charge in [0.2, 0.25) is 0 Å². The Bertz CT molecular complexity index is 452. The van der Waals surface area contributed by atoms with Gasteiger partial charge in [0, 0.05) is 19.1 Å². The van der Waals surface area contributed by atoms with Gasteiger partial charge in [-0.05, 0) is 32.7 Å². The Balaban J connectivity index is 2.01. The molecule has 2 rings (SSSR count). The molecule has 0 aromatic rings. The van der Waals surface area contributed by atoms with Gasteiger partial charge in [-0.15, -0.1) is 0 Å². The van der Waals surface area contributed by atoms with Crippen LogP contribution < -0.4 is 0 Å². The number of ketones is 1. The first-order valence-electron chi connectivity index (χ1n) is 6.63. The molecule has 2 aliphatic rings. The maximum Gasteiger partial charge on any atom is 0.429 e. The van der Waals surface area contributed by atoms with Crippen molar-refractivity contribution in [3.05, 3.63) is 0 Å². The number of alkyl halides is 3. The molecule has 1 fully saturated rings. The molecule has 0 amide bonds. The van der Waals surface area contributed by atoms with Crippen LogP contribution >= 0.6 is 0 Å². The second-order valence-corrected chi connectivity index (χ2v) is 5.78. The number of carbonyl (C=O) groups excluding carboxylic acids is 1. The van der Waals surface area contributed by atoms with Crippen molar-refractivity contribution in [3.63, 3.8) is 0 Å². The molecule has 1 saturated heterocycles. The highest BCUT2D eigenvalue weighted by Crippen LogP contribution is 2.32. The Hall–Kier alpha value is -1.24. The molecule has 2 unspecified atom stereocenters. The molecule has 2 heterocycles. The summed E-state index contributed by atoms with van der Waals surface area (Å²) in [7, 11) is 1.93. The van der Waals surface area contributed by atoms with E-state index in [1.807, 2.05) is 11.9 Å². The maximum atomic E-state index is 12.8. The van der Waals surface area contributed by atoms with Crippen molar-refractivity contribution < 1.29 is 18.0 Å². The topological polar surface area (TPSA) is 56.5 Å². The zero-order chi connectivity index (χ0) is 15.1. The number of hydrogen-bond donors (Lipinski definition) is 1. The van der Waals surface area contributed by atoms with Crippen molar-refractivity contribution in [3.8, 4) is 0 Å². The third-order valence-corrected chi connectivity index (χ3v) is 3.80. The summed E-state index contributed by atoms with van der Waals surface area (Å²) in [5, 5.41) is 7.76. The molecular formula is C13H18F3N3O. The predicted molar refractivity (Wildman–Crippen MR) is 69.4 cm³/mol. The summed E-state index contributed by atoms with van der Waals surface area (Å²) in [5.74, 6) is -1.78. The molecule has 20 heavy (non-hydrogen) atoms. The third-order valence-electron chi connectivity index (χ3n) is 3.80. The second-order valence-electron chi connectivity index (χ2n) is 5.78. The fourth-order valence-electron chi connectivity index (χ4n) is 2.89. The summed E-state index contributed by atoms with van der Waals surface area (Å²) < 4.78 is 38.5. The Morgan fingerprint density at radius 3 is 2.55 bits per heavy atom. The Morgan fingerprint density at radius 1 is 1.45 bits per heavy atom. The van der Waals surface area contributed by atoms with Crippen molar-refractivity contribution in [2.75, 3.05) is 20.1 Å². The van der Waals surface area contributed by atoms with Crippen LogP contribution in [-0.4, -0.2) is 54.5 Å². The van der Waals surface area contributed by atoms with Gasteiger partial charge in [0.25, 0.3) is 0 Å². The van der Waals surface area contributed by atoms with Crippen molar-refractivity contribution in [1.82, 2.24) is 4.90 Å². The van der Waals surface area contributed by atoms with Gasteiger partial charge in [0.1, 0.15) is 5.71 Å². The molecule has 0 saturated carbocycles. The lowest BCUT2D eigenvalue weighted by molar-refractivity contribution is -0.116. The number of rotatable bonds is 4. The molecule has 2 aliphatic heterocycles. The predicted octanol–water partition coefficient (Wildman–Crippen LogP) is 1.94. The van der Waals surface area contributed by atoms with Gasteiger partial charge in [0.15, 0.2) is 5.78 Å². The Morgan fingerprint density at radius 2 is 2.05 bits per heavy atom. The molecule has 0 bridgehead atoms. The molecule has 0 radical (unpaired) electrons. The van der Waals surface area contributed by atoms with Crippen LogP contribution in [0, 0.1) is 17.2 Å². The molecule has 0 aliphatic carbocycles. The van der Waals surface area contributed by atoms with E-state index in [0.717, 1.165) is 13.1 Å². The van der Waals surface area contributed by atoms with Gasteiger partial charge in [-0.2, -0.15) is 13.2 Å². The number of nitrogens with one attached hydrogen (secondary N) is 1. The number of Topliss-reactive ketones (excluding diaryl/α,β-unsaturated/α-hetero) is 1. The first kappa shape index (κ1) is 15.2. The molecule has 7 heteroatoms. The van der Waals surface area contributed by atoms with Gasteiger partial charge in [-0.3, -0.25) is 9.79 Å². The molecule has 2 atom stereocenters. The normalized spacial score (nSPS) is 28.1. The minimum absolute atomic E-state index is 0.0562. The fraction of sp³-hybridized carbons (Fsp3) is 0.769. The van der Waals surface area contributed by atoms with Crippen LogP contribution in [-0.2, 0) is 4.79 Å². The van der Waals surface area contributed by atoms with E-state index in [4.69, 9.17) is 5.41 Å². The van der Waals surface area contributed by atoms with Gasteiger partial charge in [0.05, 0.1) is 11.6 Å². The standard InChI is InChI=1S/C13H18F3N3O/c1-7-3-9(12(18-7)13(14,15)16)11(20)10(17)4-8-5-19(2)6-8/h7-9,17H,3-6H2,1-2H3. The highest BCUT2D eigenvalue weighted by molar-refractivity contribution is 6.43. The van der Waals surface area contributed by atoms with Crippen LogP contribution in [0.2, 0.25) is 0 Å². The van der Waals surface area contributed by atoms with Crippen LogP contribution in [0.15, 0.2) is 4.99 Å². The van der Waals surface area contributed by atoms with E-state index in [1.54, 1.807) is 6.92 Å². The first-order chi connectivity index (χ1) is 9.18. The van der Waals surface area contributed by atoms with Gasteiger partial charge >= 0.3 is 6.18 Å². The average molecular weight is 289 g/mol. The molecule has 0 aromatic heterocycles. The smallest absolute Gasteiger partial charge is 0.306 e. The summed E-state index contributed by atoms with van der Waals surface area (Å²) in [4.78, 5) is 17.7. The van der Waals surface area contributed by atoms with Crippen LogP contribution in [0.25, 0.3) is 0 Å². The van der Waals surface area contributed by atoms with E-state index >= 15 is 0 Å². The van der Waals surface area contributed by atoms with Crippen molar-refractivity contribution in [1.29, 1.82) is 5.41 Å². The Kier molecular flexibility index (Phi) is 4.00. The highest BCUT2D eigenvalue weighted by atomic mass is 19.4. The number of likely N-dealkylation sites (tertiary alicyclic amines) is 1. The Labute approximate surface area is 115 Å². The average Bonchev–Trinajstić information content (AvgIpc) is 2.68. The number of nitrogens with zero attached hydrogens (tertiary/aromatic N) is 2. The summed E-state index contributed by atoms with van der Waals surface area (Å²) in [6.07, 6.45) is -4.26. The molecule has 0 aromatic carbocycles. The van der Waals surface area contributed by atoms with E-state index in [9.17, 15) is 18.0 Å². The third kappa shape index (κ3) is 3.08. The summed E-state index contributed by atoms with van der Waals surface area (Å²) >= 11 is 0. The largest absolute Gasteiger partial charge is 0.429 e. The van der Waals surface area contributed by atoms with Crippen molar-refractivity contribution in [2.24, 2.45) is 16.8 Å². The zero-order valence-electron chi connectivity index (χ0n) is 11.5. The summed E-state index contributed by atoms with van der Waals surface area (Å²) in [6.45, 7) is 3.14. The lowest BCUT2D eigenvalue weighted by Gasteiger charge is -2.36. The maximum absolute atomic E-state index is 12.8. The van der Waals surface area contributed by atoms with Crippen molar-refractivity contribution in [2.45, 2.75) is 32.0 Å². The first-order valence-corrected chi connectivity index (χ1v) is 6.63. The lowest BCUT2D eigenvalue weighted by Crippen LogP contribution is -2.46. The van der Waals surface area contributed by atoms with E-state index in [0.29, 0.717) is 0 Å². The monoisotopic (exact) mass is 289 g/mol. The quantitative estimate of drug-likeness (QED) is 0.804. The highest BCUT2D eigenvalue weighted by Gasteiger charge is 2.48. The van der Waals surface area contributed by atoms with Crippen LogP contribution in [0.3, 0.4) is 0 Å². The molecule has 0 spiro atoms. The van der Waals surface area contributed by atoms with E-state index < -0.39 is 29.6 Å².